The van der Waals surface area contributed by atoms with E-state index in [0.29, 0.717) is 16.7 Å². The van der Waals surface area contributed by atoms with E-state index in [-0.39, 0.29) is 11.9 Å². The molecule has 0 aromatic carbocycles. The van der Waals surface area contributed by atoms with E-state index in [0.717, 1.165) is 5.69 Å². The second kappa shape index (κ2) is 6.70. The summed E-state index contributed by atoms with van der Waals surface area (Å²) in [4.78, 5) is 19.2. The fourth-order valence-corrected chi connectivity index (χ4v) is 2.09. The zero-order valence-corrected chi connectivity index (χ0v) is 10.7. The molecule has 1 atom stereocenters. The smallest absolute Gasteiger partial charge is 0.309 e. The van der Waals surface area contributed by atoms with Crippen molar-refractivity contribution >= 4 is 29.3 Å². The third-order valence-electron chi connectivity index (χ3n) is 1.90. The van der Waals surface area contributed by atoms with Crippen LogP contribution >= 0.6 is 23.4 Å². The molecule has 1 rings (SSSR count). The second-order valence-corrected chi connectivity index (χ2v) is 4.69. The lowest BCUT2D eigenvalue weighted by atomic mass is 10.2. The molecule has 1 heterocycles. The number of nitrogens with zero attached hydrogens (tertiary/aromatic N) is 2. The topological polar surface area (TPSA) is 52.1 Å². The summed E-state index contributed by atoms with van der Waals surface area (Å²) in [6.45, 7) is 1.84. The molecular formula is C10H13ClN2O2S. The molecule has 0 radical (unpaired) electrons. The summed E-state index contributed by atoms with van der Waals surface area (Å²) in [5.74, 6) is 1.13. The third kappa shape index (κ3) is 4.37. The molecule has 0 aliphatic heterocycles. The number of carbonyl (C=O) groups is 1. The second-order valence-electron chi connectivity index (χ2n) is 3.27. The number of thioether (sulfide) groups is 1. The van der Waals surface area contributed by atoms with Crippen molar-refractivity contribution in [2.24, 2.45) is 5.92 Å². The maximum absolute atomic E-state index is 11.1. The van der Waals surface area contributed by atoms with Crippen molar-refractivity contribution in [3.05, 3.63) is 23.2 Å². The fraction of sp³-hybridized carbons (Fsp3) is 0.500. The Morgan fingerprint density at radius 3 is 2.88 bits per heavy atom. The first-order valence-corrected chi connectivity index (χ1v) is 6.28. The van der Waals surface area contributed by atoms with Gasteiger partial charge in [-0.05, 0) is 0 Å². The van der Waals surface area contributed by atoms with Gasteiger partial charge in [0, 0.05) is 11.5 Å². The minimum absolute atomic E-state index is 0.102. The Labute approximate surface area is 104 Å². The predicted octanol–water partition coefficient (Wildman–Crippen LogP) is 2.17. The molecule has 0 fully saturated rings. The first kappa shape index (κ1) is 13.3. The molecule has 0 N–H and O–H groups in total. The molecule has 4 nitrogen and oxygen atoms in total. The summed E-state index contributed by atoms with van der Waals surface area (Å²) in [5.41, 5.74) is 0.853. The molecule has 6 heteroatoms. The molecular weight excluding hydrogens is 248 g/mol. The molecule has 1 aromatic rings. The standard InChI is InChI=1S/C10H13ClN2O2S/c1-7(10(14)15-2)5-16-6-8-3-13-9(11)4-12-8/h3-4,7H,5-6H2,1-2H3. The Hall–Kier alpha value is -0.810. The van der Waals surface area contributed by atoms with E-state index in [4.69, 9.17) is 11.6 Å². The SMILES string of the molecule is COC(=O)C(C)CSCc1cnc(Cl)cn1. The number of hydrogen-bond donors (Lipinski definition) is 0. The van der Waals surface area contributed by atoms with Crippen molar-refractivity contribution in [1.29, 1.82) is 0 Å². The van der Waals surface area contributed by atoms with Crippen LogP contribution in [-0.2, 0) is 15.3 Å². The van der Waals surface area contributed by atoms with E-state index in [2.05, 4.69) is 14.7 Å². The lowest BCUT2D eigenvalue weighted by Gasteiger charge is -2.07. The lowest BCUT2D eigenvalue weighted by molar-refractivity contribution is -0.143. The van der Waals surface area contributed by atoms with Gasteiger partial charge in [-0.3, -0.25) is 9.78 Å². The maximum atomic E-state index is 11.1. The van der Waals surface area contributed by atoms with Crippen LogP contribution in [0.1, 0.15) is 12.6 Å². The first-order chi connectivity index (χ1) is 7.63. The van der Waals surface area contributed by atoms with Crippen LogP contribution in [0.4, 0.5) is 0 Å². The Morgan fingerprint density at radius 2 is 2.31 bits per heavy atom. The highest BCUT2D eigenvalue weighted by molar-refractivity contribution is 7.98. The minimum Gasteiger partial charge on any atom is -0.469 e. The number of ether oxygens (including phenoxy) is 1. The predicted molar refractivity (Wildman–Crippen MR) is 64.4 cm³/mol. The third-order valence-corrected chi connectivity index (χ3v) is 3.33. The molecule has 1 aromatic heterocycles. The van der Waals surface area contributed by atoms with Crippen LogP contribution in [0.2, 0.25) is 5.15 Å². The summed E-state index contributed by atoms with van der Waals surface area (Å²) in [7, 11) is 1.40. The van der Waals surface area contributed by atoms with E-state index < -0.39 is 0 Å². The molecule has 0 aliphatic rings. The van der Waals surface area contributed by atoms with Crippen LogP contribution in [-0.4, -0.2) is 28.8 Å². The van der Waals surface area contributed by atoms with E-state index in [1.54, 1.807) is 18.0 Å². The highest BCUT2D eigenvalue weighted by Gasteiger charge is 2.12. The summed E-state index contributed by atoms with van der Waals surface area (Å²) >= 11 is 7.23. The monoisotopic (exact) mass is 260 g/mol. The van der Waals surface area contributed by atoms with Gasteiger partial charge in [0.05, 0.1) is 31.1 Å². The van der Waals surface area contributed by atoms with Crippen molar-refractivity contribution in [3.63, 3.8) is 0 Å². The van der Waals surface area contributed by atoms with Crippen LogP contribution in [0.3, 0.4) is 0 Å². The minimum atomic E-state index is -0.185. The van der Waals surface area contributed by atoms with Gasteiger partial charge in [0.1, 0.15) is 5.15 Å². The lowest BCUT2D eigenvalue weighted by Crippen LogP contribution is -2.14. The van der Waals surface area contributed by atoms with Crippen molar-refractivity contribution in [2.45, 2.75) is 12.7 Å². The summed E-state index contributed by atoms with van der Waals surface area (Å²) < 4.78 is 4.63. The van der Waals surface area contributed by atoms with Gasteiger partial charge in [-0.1, -0.05) is 18.5 Å². The van der Waals surface area contributed by atoms with E-state index in [1.807, 2.05) is 6.92 Å². The number of rotatable bonds is 5. The maximum Gasteiger partial charge on any atom is 0.309 e. The Balaban J connectivity index is 2.30. The largest absolute Gasteiger partial charge is 0.469 e. The van der Waals surface area contributed by atoms with Gasteiger partial charge in [-0.15, -0.1) is 0 Å². The van der Waals surface area contributed by atoms with E-state index in [9.17, 15) is 4.79 Å². The van der Waals surface area contributed by atoms with Gasteiger partial charge < -0.3 is 4.74 Å². The van der Waals surface area contributed by atoms with E-state index in [1.165, 1.54) is 13.3 Å². The van der Waals surface area contributed by atoms with Crippen LogP contribution < -0.4 is 0 Å². The summed E-state index contributed by atoms with van der Waals surface area (Å²) in [6, 6.07) is 0. The number of esters is 1. The Bertz CT molecular complexity index is 345. The van der Waals surface area contributed by atoms with Crippen molar-refractivity contribution < 1.29 is 9.53 Å². The van der Waals surface area contributed by atoms with Crippen LogP contribution in [0.15, 0.2) is 12.4 Å². The van der Waals surface area contributed by atoms with Gasteiger partial charge in [0.25, 0.3) is 0 Å². The normalized spacial score (nSPS) is 12.2. The van der Waals surface area contributed by atoms with Gasteiger partial charge >= 0.3 is 5.97 Å². The Kier molecular flexibility index (Phi) is 5.55. The molecule has 88 valence electrons. The summed E-state index contributed by atoms with van der Waals surface area (Å²) in [5, 5.41) is 0.386. The quantitative estimate of drug-likeness (QED) is 0.760. The van der Waals surface area contributed by atoms with Gasteiger partial charge in [-0.2, -0.15) is 11.8 Å². The van der Waals surface area contributed by atoms with Crippen molar-refractivity contribution in [1.82, 2.24) is 9.97 Å². The van der Waals surface area contributed by atoms with Crippen LogP contribution in [0.5, 0.6) is 0 Å². The van der Waals surface area contributed by atoms with Gasteiger partial charge in [0.15, 0.2) is 0 Å². The van der Waals surface area contributed by atoms with Crippen LogP contribution in [0.25, 0.3) is 0 Å². The highest BCUT2D eigenvalue weighted by Crippen LogP contribution is 2.15. The number of aromatic nitrogens is 2. The molecule has 1 unspecified atom stereocenters. The molecule has 0 saturated heterocycles. The zero-order chi connectivity index (χ0) is 12.0. The number of carbonyl (C=O) groups excluding carboxylic acids is 1. The molecule has 16 heavy (non-hydrogen) atoms. The fourth-order valence-electron chi connectivity index (χ4n) is 1.02. The van der Waals surface area contributed by atoms with Crippen molar-refractivity contribution in [3.8, 4) is 0 Å². The number of methoxy groups -OCH3 is 1. The average Bonchev–Trinajstić information content (AvgIpc) is 2.30. The van der Waals surface area contributed by atoms with Crippen molar-refractivity contribution in [2.75, 3.05) is 12.9 Å². The highest BCUT2D eigenvalue weighted by atomic mass is 35.5. The molecule has 0 amide bonds. The Morgan fingerprint density at radius 1 is 1.56 bits per heavy atom. The average molecular weight is 261 g/mol. The zero-order valence-electron chi connectivity index (χ0n) is 9.14. The van der Waals surface area contributed by atoms with Gasteiger partial charge in [0.2, 0.25) is 0 Å². The number of hydrogen-bond acceptors (Lipinski definition) is 5. The number of halogens is 1. The van der Waals surface area contributed by atoms with Crippen LogP contribution in [0, 0.1) is 5.92 Å². The van der Waals surface area contributed by atoms with E-state index >= 15 is 0 Å². The first-order valence-electron chi connectivity index (χ1n) is 4.75. The van der Waals surface area contributed by atoms with Gasteiger partial charge in [-0.25, -0.2) is 4.98 Å². The molecule has 0 bridgehead atoms. The summed E-state index contributed by atoms with van der Waals surface area (Å²) in [6.07, 6.45) is 3.15. The molecule has 0 spiro atoms. The molecule has 0 aliphatic carbocycles. The molecule has 0 saturated carbocycles.